The number of piperidine rings is 1. The molecular formula is C20H33N5O2. The molecule has 150 valence electrons. The fourth-order valence-corrected chi connectivity index (χ4v) is 3.30. The van der Waals surface area contributed by atoms with Crippen LogP contribution in [0.5, 0.6) is 5.75 Å². The molecule has 0 radical (unpaired) electrons. The molecule has 1 aliphatic rings. The molecule has 1 aromatic rings. The van der Waals surface area contributed by atoms with Gasteiger partial charge < -0.3 is 25.6 Å². The molecule has 1 aliphatic heterocycles. The van der Waals surface area contributed by atoms with Crippen LogP contribution in [0.15, 0.2) is 35.3 Å². The van der Waals surface area contributed by atoms with Gasteiger partial charge in [0.15, 0.2) is 5.96 Å². The van der Waals surface area contributed by atoms with Crippen LogP contribution in [-0.2, 0) is 4.79 Å². The van der Waals surface area contributed by atoms with Gasteiger partial charge >= 0.3 is 0 Å². The van der Waals surface area contributed by atoms with Gasteiger partial charge in [0.1, 0.15) is 12.4 Å². The summed E-state index contributed by atoms with van der Waals surface area (Å²) in [5.41, 5.74) is 5.44. The molecule has 7 heteroatoms. The highest BCUT2D eigenvalue weighted by Gasteiger charge is 2.23. The van der Waals surface area contributed by atoms with E-state index in [0.717, 1.165) is 63.7 Å². The van der Waals surface area contributed by atoms with Gasteiger partial charge in [-0.25, -0.2) is 0 Å². The summed E-state index contributed by atoms with van der Waals surface area (Å²) in [6.07, 6.45) is 2.97. The molecule has 1 aromatic carbocycles. The number of hydrogen-bond acceptors (Lipinski definition) is 4. The molecule has 1 unspecified atom stereocenters. The molecule has 1 atom stereocenters. The number of hydrogen-bond donors (Lipinski definition) is 2. The second kappa shape index (κ2) is 11.4. The minimum atomic E-state index is -0.169. The number of primary amides is 1. The van der Waals surface area contributed by atoms with Crippen molar-refractivity contribution >= 4 is 11.9 Å². The highest BCUT2D eigenvalue weighted by atomic mass is 16.5. The number of rotatable bonds is 9. The van der Waals surface area contributed by atoms with Gasteiger partial charge in [-0.2, -0.15) is 0 Å². The van der Waals surface area contributed by atoms with Gasteiger partial charge in [0.25, 0.3) is 0 Å². The number of likely N-dealkylation sites (tertiary alicyclic amines) is 1. The first kappa shape index (κ1) is 21.0. The lowest BCUT2D eigenvalue weighted by atomic mass is 9.97. The average molecular weight is 376 g/mol. The van der Waals surface area contributed by atoms with Crippen molar-refractivity contribution in [3.63, 3.8) is 0 Å². The predicted molar refractivity (Wildman–Crippen MR) is 109 cm³/mol. The van der Waals surface area contributed by atoms with Crippen LogP contribution in [-0.4, -0.2) is 75.1 Å². The van der Waals surface area contributed by atoms with Gasteiger partial charge in [-0.3, -0.25) is 9.79 Å². The molecule has 0 spiro atoms. The minimum absolute atomic E-state index is 0.00947. The molecule has 1 amide bonds. The van der Waals surface area contributed by atoms with Crippen LogP contribution in [0.1, 0.15) is 19.3 Å². The first-order valence-electron chi connectivity index (χ1n) is 9.71. The zero-order valence-electron chi connectivity index (χ0n) is 16.6. The van der Waals surface area contributed by atoms with Gasteiger partial charge in [-0.15, -0.1) is 0 Å². The van der Waals surface area contributed by atoms with Gasteiger partial charge in [0, 0.05) is 27.2 Å². The van der Waals surface area contributed by atoms with Gasteiger partial charge in [-0.1, -0.05) is 18.2 Å². The summed E-state index contributed by atoms with van der Waals surface area (Å²) in [6.45, 7) is 5.00. The Morgan fingerprint density at radius 1 is 1.41 bits per heavy atom. The quantitative estimate of drug-likeness (QED) is 0.384. The molecule has 0 saturated carbocycles. The van der Waals surface area contributed by atoms with Crippen molar-refractivity contribution in [2.75, 3.05) is 53.4 Å². The fourth-order valence-electron chi connectivity index (χ4n) is 3.30. The molecule has 0 bridgehead atoms. The number of ether oxygens (including phenoxy) is 1. The number of nitrogens with one attached hydrogen (secondary N) is 1. The molecule has 1 fully saturated rings. The maximum atomic E-state index is 11.4. The van der Waals surface area contributed by atoms with Crippen molar-refractivity contribution in [3.8, 4) is 5.75 Å². The van der Waals surface area contributed by atoms with Gasteiger partial charge in [-0.05, 0) is 44.5 Å². The number of guanidine groups is 1. The van der Waals surface area contributed by atoms with Crippen molar-refractivity contribution < 1.29 is 9.53 Å². The number of likely N-dealkylation sites (N-methyl/N-ethyl adjacent to an activating group) is 1. The van der Waals surface area contributed by atoms with E-state index in [1.54, 1.807) is 7.05 Å². The van der Waals surface area contributed by atoms with Crippen LogP contribution in [0.3, 0.4) is 0 Å². The Labute approximate surface area is 162 Å². The molecule has 1 heterocycles. The van der Waals surface area contributed by atoms with Crippen molar-refractivity contribution in [2.45, 2.75) is 19.3 Å². The Balaban J connectivity index is 1.62. The average Bonchev–Trinajstić information content (AvgIpc) is 2.69. The number of carbonyl (C=O) groups is 1. The van der Waals surface area contributed by atoms with E-state index in [-0.39, 0.29) is 11.8 Å². The first-order chi connectivity index (χ1) is 13.1. The monoisotopic (exact) mass is 375 g/mol. The Bertz CT molecular complexity index is 593. The Morgan fingerprint density at radius 3 is 2.89 bits per heavy atom. The van der Waals surface area contributed by atoms with Gasteiger partial charge in [0.05, 0.1) is 12.5 Å². The third-order valence-corrected chi connectivity index (χ3v) is 4.85. The Kier molecular flexibility index (Phi) is 8.91. The second-order valence-corrected chi connectivity index (χ2v) is 6.95. The van der Waals surface area contributed by atoms with Crippen LogP contribution in [0.25, 0.3) is 0 Å². The van der Waals surface area contributed by atoms with Crippen LogP contribution < -0.4 is 15.8 Å². The van der Waals surface area contributed by atoms with Crippen molar-refractivity contribution in [1.82, 2.24) is 15.1 Å². The third kappa shape index (κ3) is 7.46. The van der Waals surface area contributed by atoms with Crippen LogP contribution in [0, 0.1) is 5.92 Å². The van der Waals surface area contributed by atoms with Crippen molar-refractivity contribution in [2.24, 2.45) is 16.6 Å². The molecule has 1 saturated heterocycles. The van der Waals surface area contributed by atoms with E-state index in [0.29, 0.717) is 6.61 Å². The Morgan fingerprint density at radius 2 is 2.19 bits per heavy atom. The molecule has 2 rings (SSSR count). The van der Waals surface area contributed by atoms with E-state index in [4.69, 9.17) is 10.5 Å². The molecule has 3 N–H and O–H groups in total. The number of para-hydroxylation sites is 1. The summed E-state index contributed by atoms with van der Waals surface area (Å²) in [6, 6.07) is 9.82. The Hall–Kier alpha value is -2.28. The van der Waals surface area contributed by atoms with E-state index in [9.17, 15) is 4.79 Å². The van der Waals surface area contributed by atoms with Crippen LogP contribution in [0.2, 0.25) is 0 Å². The maximum absolute atomic E-state index is 11.4. The smallest absolute Gasteiger partial charge is 0.221 e. The largest absolute Gasteiger partial charge is 0.492 e. The summed E-state index contributed by atoms with van der Waals surface area (Å²) >= 11 is 0. The van der Waals surface area contributed by atoms with E-state index in [1.165, 1.54) is 0 Å². The summed E-state index contributed by atoms with van der Waals surface area (Å²) in [4.78, 5) is 20.1. The summed E-state index contributed by atoms with van der Waals surface area (Å²) < 4.78 is 5.74. The SMILES string of the molecule is CN=C(NCCCN1CCCC(C(N)=O)C1)N(C)CCOc1ccccc1. The molecule has 7 nitrogen and oxygen atoms in total. The summed E-state index contributed by atoms with van der Waals surface area (Å²) in [7, 11) is 3.80. The van der Waals surface area contributed by atoms with Crippen molar-refractivity contribution in [3.05, 3.63) is 30.3 Å². The lowest BCUT2D eigenvalue weighted by Crippen LogP contribution is -2.43. The third-order valence-electron chi connectivity index (χ3n) is 4.85. The summed E-state index contributed by atoms with van der Waals surface area (Å²) in [5.74, 6) is 1.58. The molecular weight excluding hydrogens is 342 g/mol. The predicted octanol–water partition coefficient (Wildman–Crippen LogP) is 1.16. The normalized spacial score (nSPS) is 18.1. The number of nitrogens with zero attached hydrogens (tertiary/aromatic N) is 3. The number of nitrogens with two attached hydrogens (primary N) is 1. The van der Waals surface area contributed by atoms with Crippen molar-refractivity contribution in [1.29, 1.82) is 0 Å². The lowest BCUT2D eigenvalue weighted by molar-refractivity contribution is -0.123. The summed E-state index contributed by atoms with van der Waals surface area (Å²) in [5, 5.41) is 3.39. The number of carbonyl (C=O) groups excluding carboxylic acids is 1. The van der Waals surface area contributed by atoms with E-state index in [1.807, 2.05) is 37.4 Å². The molecule has 27 heavy (non-hydrogen) atoms. The van der Waals surface area contributed by atoms with Crippen LogP contribution in [0.4, 0.5) is 0 Å². The number of aliphatic imine (C=N–C) groups is 1. The van der Waals surface area contributed by atoms with E-state index >= 15 is 0 Å². The van der Waals surface area contributed by atoms with Crippen LogP contribution >= 0.6 is 0 Å². The number of amides is 1. The standard InChI is InChI=1S/C20H33N5O2/c1-22-20(24(2)14-15-27-18-9-4-3-5-10-18)23-11-7-13-25-12-6-8-17(16-25)19(21)26/h3-5,9-10,17H,6-8,11-16H2,1-2H3,(H2,21,26)(H,22,23). The van der Waals surface area contributed by atoms with E-state index in [2.05, 4.69) is 20.1 Å². The van der Waals surface area contributed by atoms with E-state index < -0.39 is 0 Å². The molecule has 0 aromatic heterocycles. The highest BCUT2D eigenvalue weighted by Crippen LogP contribution is 2.15. The molecule has 0 aliphatic carbocycles. The first-order valence-corrected chi connectivity index (χ1v) is 9.71. The second-order valence-electron chi connectivity index (χ2n) is 6.95. The fraction of sp³-hybridized carbons (Fsp3) is 0.600. The minimum Gasteiger partial charge on any atom is -0.492 e. The van der Waals surface area contributed by atoms with Gasteiger partial charge in [0.2, 0.25) is 5.91 Å². The number of benzene rings is 1. The lowest BCUT2D eigenvalue weighted by Gasteiger charge is -2.31. The zero-order valence-corrected chi connectivity index (χ0v) is 16.6. The zero-order chi connectivity index (χ0) is 19.5. The highest BCUT2D eigenvalue weighted by molar-refractivity contribution is 5.79. The topological polar surface area (TPSA) is 83.2 Å². The maximum Gasteiger partial charge on any atom is 0.221 e.